The Hall–Kier alpha value is -2.10. The number of anilines is 1. The van der Waals surface area contributed by atoms with E-state index in [0.717, 1.165) is 35.9 Å². The van der Waals surface area contributed by atoms with Gasteiger partial charge in [0.25, 0.3) is 0 Å². The fraction of sp³-hybridized carbons (Fsp3) is 0.412. The molecule has 1 aromatic carbocycles. The summed E-state index contributed by atoms with van der Waals surface area (Å²) < 4.78 is 0. The molecular formula is C17H21N3O. The maximum absolute atomic E-state index is 12.2. The van der Waals surface area contributed by atoms with Gasteiger partial charge < -0.3 is 10.6 Å². The van der Waals surface area contributed by atoms with Crippen LogP contribution in [0.15, 0.2) is 30.3 Å². The number of nitrogen functional groups attached to an aromatic ring is 1. The number of amides is 1. The predicted octanol–water partition coefficient (Wildman–Crippen LogP) is 2.97. The van der Waals surface area contributed by atoms with E-state index in [1.807, 2.05) is 29.2 Å². The highest BCUT2D eigenvalue weighted by Crippen LogP contribution is 2.23. The van der Waals surface area contributed by atoms with E-state index in [9.17, 15) is 4.79 Å². The topological polar surface area (TPSA) is 59.2 Å². The first-order valence-electron chi connectivity index (χ1n) is 7.55. The maximum atomic E-state index is 12.2. The number of carbonyl (C=O) groups excluding carboxylic acids is 1. The van der Waals surface area contributed by atoms with Crippen molar-refractivity contribution < 1.29 is 4.79 Å². The highest BCUT2D eigenvalue weighted by molar-refractivity contribution is 5.82. The van der Waals surface area contributed by atoms with Gasteiger partial charge >= 0.3 is 0 Å². The lowest BCUT2D eigenvalue weighted by molar-refractivity contribution is -0.131. The van der Waals surface area contributed by atoms with Gasteiger partial charge in [-0.25, -0.2) is 4.98 Å². The number of hydrogen-bond donors (Lipinski definition) is 1. The van der Waals surface area contributed by atoms with E-state index in [1.54, 1.807) is 0 Å². The summed E-state index contributed by atoms with van der Waals surface area (Å²) in [7, 11) is 0. The van der Waals surface area contributed by atoms with Crippen LogP contribution in [0.1, 0.15) is 31.7 Å². The van der Waals surface area contributed by atoms with Crippen LogP contribution in [0.2, 0.25) is 0 Å². The quantitative estimate of drug-likeness (QED) is 0.921. The Morgan fingerprint density at radius 1 is 1.33 bits per heavy atom. The van der Waals surface area contributed by atoms with Crippen molar-refractivity contribution in [3.63, 3.8) is 0 Å². The highest BCUT2D eigenvalue weighted by Gasteiger charge is 2.21. The van der Waals surface area contributed by atoms with E-state index in [0.29, 0.717) is 24.7 Å². The molecule has 110 valence electrons. The summed E-state index contributed by atoms with van der Waals surface area (Å²) in [6.45, 7) is 3.59. The van der Waals surface area contributed by atoms with Crippen molar-refractivity contribution in [2.45, 2.75) is 32.7 Å². The van der Waals surface area contributed by atoms with Gasteiger partial charge in [0.2, 0.25) is 5.91 Å². The first-order chi connectivity index (χ1) is 10.1. The third-order valence-electron chi connectivity index (χ3n) is 4.29. The van der Waals surface area contributed by atoms with E-state index in [-0.39, 0.29) is 5.91 Å². The standard InChI is InChI=1S/C17H21N3O/c1-12-6-7-16(21)20(9-8-12)11-14-10-13-4-2-3-5-15(13)19-17(14)18/h2-5,10,12H,6-9,11H2,1H3,(H2,18,19). The molecule has 1 aliphatic heterocycles. The molecule has 1 aliphatic rings. The number of nitrogens with two attached hydrogens (primary N) is 1. The molecule has 0 radical (unpaired) electrons. The van der Waals surface area contributed by atoms with Crippen LogP contribution >= 0.6 is 0 Å². The first kappa shape index (κ1) is 13.9. The summed E-state index contributed by atoms with van der Waals surface area (Å²) in [5.74, 6) is 1.37. The zero-order valence-corrected chi connectivity index (χ0v) is 12.4. The molecule has 2 N–H and O–H groups in total. The zero-order chi connectivity index (χ0) is 14.8. The fourth-order valence-electron chi connectivity index (χ4n) is 2.85. The minimum absolute atomic E-state index is 0.229. The van der Waals surface area contributed by atoms with Gasteiger partial charge in [-0.3, -0.25) is 4.79 Å². The van der Waals surface area contributed by atoms with Gasteiger partial charge in [0.15, 0.2) is 0 Å². The SMILES string of the molecule is CC1CCC(=O)N(Cc2cc3ccccc3nc2N)CC1. The third kappa shape index (κ3) is 2.99. The van der Waals surface area contributed by atoms with Crippen molar-refractivity contribution in [1.29, 1.82) is 0 Å². The number of benzene rings is 1. The predicted molar refractivity (Wildman–Crippen MR) is 84.6 cm³/mol. The summed E-state index contributed by atoms with van der Waals surface area (Å²) in [4.78, 5) is 18.6. The van der Waals surface area contributed by atoms with Gasteiger partial charge in [0, 0.05) is 30.5 Å². The van der Waals surface area contributed by atoms with Gasteiger partial charge in [0.05, 0.1) is 5.52 Å². The van der Waals surface area contributed by atoms with E-state index >= 15 is 0 Å². The number of carbonyl (C=O) groups is 1. The van der Waals surface area contributed by atoms with Crippen molar-refractivity contribution in [2.75, 3.05) is 12.3 Å². The Kier molecular flexibility index (Phi) is 3.78. The van der Waals surface area contributed by atoms with Crippen molar-refractivity contribution in [1.82, 2.24) is 9.88 Å². The minimum Gasteiger partial charge on any atom is -0.383 e. The van der Waals surface area contributed by atoms with Gasteiger partial charge in [-0.2, -0.15) is 0 Å². The van der Waals surface area contributed by atoms with Crippen molar-refractivity contribution in [2.24, 2.45) is 5.92 Å². The normalized spacial score (nSPS) is 19.8. The number of para-hydroxylation sites is 1. The summed E-state index contributed by atoms with van der Waals surface area (Å²) in [6.07, 6.45) is 2.69. The summed E-state index contributed by atoms with van der Waals surface area (Å²) >= 11 is 0. The number of fused-ring (bicyclic) bond motifs is 1. The highest BCUT2D eigenvalue weighted by atomic mass is 16.2. The molecule has 1 saturated heterocycles. The Labute approximate surface area is 125 Å². The smallest absolute Gasteiger partial charge is 0.222 e. The second-order valence-electron chi connectivity index (χ2n) is 5.97. The van der Waals surface area contributed by atoms with Gasteiger partial charge in [-0.15, -0.1) is 0 Å². The van der Waals surface area contributed by atoms with Gasteiger partial charge in [0.1, 0.15) is 5.82 Å². The van der Waals surface area contributed by atoms with Crippen LogP contribution in [-0.4, -0.2) is 22.3 Å². The Morgan fingerprint density at radius 2 is 2.14 bits per heavy atom. The molecule has 0 aliphatic carbocycles. The Morgan fingerprint density at radius 3 is 3.00 bits per heavy atom. The number of aromatic nitrogens is 1. The largest absolute Gasteiger partial charge is 0.383 e. The number of hydrogen-bond acceptors (Lipinski definition) is 3. The third-order valence-corrected chi connectivity index (χ3v) is 4.29. The molecule has 3 rings (SSSR count). The molecule has 2 heterocycles. The van der Waals surface area contributed by atoms with Crippen LogP contribution in [0, 0.1) is 5.92 Å². The molecule has 4 heteroatoms. The monoisotopic (exact) mass is 283 g/mol. The van der Waals surface area contributed by atoms with Crippen LogP contribution < -0.4 is 5.73 Å². The van der Waals surface area contributed by atoms with Crippen molar-refractivity contribution in [3.05, 3.63) is 35.9 Å². The van der Waals surface area contributed by atoms with Crippen LogP contribution in [0.3, 0.4) is 0 Å². The average molecular weight is 283 g/mol. The molecule has 1 amide bonds. The molecule has 1 aromatic heterocycles. The number of nitrogens with zero attached hydrogens (tertiary/aromatic N) is 2. The summed E-state index contributed by atoms with van der Waals surface area (Å²) in [5, 5.41) is 1.07. The van der Waals surface area contributed by atoms with Crippen LogP contribution in [0.25, 0.3) is 10.9 Å². The molecular weight excluding hydrogens is 262 g/mol. The zero-order valence-electron chi connectivity index (χ0n) is 12.4. The number of pyridine rings is 1. The molecule has 1 fully saturated rings. The van der Waals surface area contributed by atoms with Crippen molar-refractivity contribution >= 4 is 22.6 Å². The van der Waals surface area contributed by atoms with Gasteiger partial charge in [-0.1, -0.05) is 25.1 Å². The molecule has 1 unspecified atom stereocenters. The van der Waals surface area contributed by atoms with Crippen LogP contribution in [-0.2, 0) is 11.3 Å². The van der Waals surface area contributed by atoms with Crippen LogP contribution in [0.5, 0.6) is 0 Å². The lowest BCUT2D eigenvalue weighted by Crippen LogP contribution is -2.30. The lowest BCUT2D eigenvalue weighted by atomic mass is 10.0. The van der Waals surface area contributed by atoms with Crippen molar-refractivity contribution in [3.8, 4) is 0 Å². The molecule has 4 nitrogen and oxygen atoms in total. The number of likely N-dealkylation sites (tertiary alicyclic amines) is 1. The van der Waals surface area contributed by atoms with Gasteiger partial charge in [-0.05, 0) is 30.9 Å². The fourth-order valence-corrected chi connectivity index (χ4v) is 2.85. The molecule has 0 saturated carbocycles. The summed E-state index contributed by atoms with van der Waals surface area (Å²) in [5.41, 5.74) is 7.91. The Bertz CT molecular complexity index is 668. The molecule has 1 atom stereocenters. The molecule has 2 aromatic rings. The van der Waals surface area contributed by atoms with E-state index in [4.69, 9.17) is 5.73 Å². The first-order valence-corrected chi connectivity index (χ1v) is 7.55. The second kappa shape index (κ2) is 5.72. The summed E-state index contributed by atoms with van der Waals surface area (Å²) in [6, 6.07) is 9.97. The molecule has 0 bridgehead atoms. The van der Waals surface area contributed by atoms with E-state index in [1.165, 1.54) is 0 Å². The van der Waals surface area contributed by atoms with Crippen LogP contribution in [0.4, 0.5) is 5.82 Å². The maximum Gasteiger partial charge on any atom is 0.222 e. The minimum atomic E-state index is 0.229. The van der Waals surface area contributed by atoms with E-state index < -0.39 is 0 Å². The molecule has 21 heavy (non-hydrogen) atoms. The average Bonchev–Trinajstić information content (AvgIpc) is 2.63. The van der Waals surface area contributed by atoms with E-state index in [2.05, 4.69) is 18.0 Å². The molecule has 0 spiro atoms. The lowest BCUT2D eigenvalue weighted by Gasteiger charge is -2.21. The number of rotatable bonds is 2. The Balaban J connectivity index is 1.86. The second-order valence-corrected chi connectivity index (χ2v) is 5.97.